The van der Waals surface area contributed by atoms with Gasteiger partial charge in [-0.2, -0.15) is 0 Å². The summed E-state index contributed by atoms with van der Waals surface area (Å²) < 4.78 is 5.21. The number of aliphatic hydroxyl groups excluding tert-OH is 1. The lowest BCUT2D eigenvalue weighted by atomic mass is 10.1. The van der Waals surface area contributed by atoms with Crippen LogP contribution in [-0.2, 0) is 11.3 Å². The zero-order valence-corrected chi connectivity index (χ0v) is 12.1. The normalized spacial score (nSPS) is 16.1. The van der Waals surface area contributed by atoms with Crippen LogP contribution in [0.3, 0.4) is 0 Å². The largest absolute Gasteiger partial charge is 0.389 e. The van der Waals surface area contributed by atoms with E-state index in [9.17, 15) is 5.11 Å². The van der Waals surface area contributed by atoms with Crippen molar-refractivity contribution in [2.45, 2.75) is 38.5 Å². The fourth-order valence-corrected chi connectivity index (χ4v) is 2.37. The highest BCUT2D eigenvalue weighted by molar-refractivity contribution is 5.25. The molecule has 0 aliphatic heterocycles. The molecule has 0 heterocycles. The first-order valence-electron chi connectivity index (χ1n) is 7.18. The summed E-state index contributed by atoms with van der Waals surface area (Å²) in [4.78, 5) is 2.35. The van der Waals surface area contributed by atoms with Crippen LogP contribution in [0.4, 0.5) is 0 Å². The molecule has 108 valence electrons. The summed E-state index contributed by atoms with van der Waals surface area (Å²) in [5, 5.41) is 10.0. The van der Waals surface area contributed by atoms with E-state index in [0.29, 0.717) is 19.2 Å². The van der Waals surface area contributed by atoms with E-state index in [1.54, 1.807) is 0 Å². The number of terminal acetylenes is 1. The summed E-state index contributed by atoms with van der Waals surface area (Å²) >= 11 is 0. The van der Waals surface area contributed by atoms with Crippen molar-refractivity contribution in [3.8, 4) is 12.3 Å². The average molecular weight is 273 g/mol. The van der Waals surface area contributed by atoms with Crippen molar-refractivity contribution in [1.82, 2.24) is 4.90 Å². The standard InChI is InChI=1S/C17H23NO2/c1-3-10-20-13-17(19)12-18(16-8-9-16)11-15-7-5-4-6-14(15)2/h1,4-7,16-17,19H,8-13H2,2H3. The molecule has 1 saturated carbocycles. The van der Waals surface area contributed by atoms with Crippen molar-refractivity contribution in [1.29, 1.82) is 0 Å². The number of benzene rings is 1. The van der Waals surface area contributed by atoms with Gasteiger partial charge in [0, 0.05) is 19.1 Å². The summed E-state index contributed by atoms with van der Waals surface area (Å²) in [6.45, 7) is 4.24. The van der Waals surface area contributed by atoms with Gasteiger partial charge in [-0.05, 0) is 30.9 Å². The van der Waals surface area contributed by atoms with Gasteiger partial charge in [0.2, 0.25) is 0 Å². The smallest absolute Gasteiger partial charge is 0.107 e. The van der Waals surface area contributed by atoms with Crippen LogP contribution in [0.15, 0.2) is 24.3 Å². The third-order valence-electron chi connectivity index (χ3n) is 3.64. The molecule has 0 radical (unpaired) electrons. The molecule has 0 bridgehead atoms. The summed E-state index contributed by atoms with van der Waals surface area (Å²) in [7, 11) is 0. The SMILES string of the molecule is C#CCOCC(O)CN(Cc1ccccc1C)C1CC1. The zero-order chi connectivity index (χ0) is 14.4. The van der Waals surface area contributed by atoms with Gasteiger partial charge in [0.05, 0.1) is 12.7 Å². The fourth-order valence-electron chi connectivity index (χ4n) is 2.37. The highest BCUT2D eigenvalue weighted by Gasteiger charge is 2.30. The number of aliphatic hydroxyl groups is 1. The Morgan fingerprint density at radius 2 is 2.20 bits per heavy atom. The number of ether oxygens (including phenoxy) is 1. The molecule has 3 nitrogen and oxygen atoms in total. The van der Waals surface area contributed by atoms with Gasteiger partial charge in [-0.15, -0.1) is 6.42 Å². The van der Waals surface area contributed by atoms with Gasteiger partial charge in [-0.3, -0.25) is 4.90 Å². The van der Waals surface area contributed by atoms with Crippen molar-refractivity contribution < 1.29 is 9.84 Å². The monoisotopic (exact) mass is 273 g/mol. The molecule has 0 saturated heterocycles. The van der Waals surface area contributed by atoms with Gasteiger partial charge in [-0.1, -0.05) is 30.2 Å². The third kappa shape index (κ3) is 4.64. The molecule has 1 aromatic rings. The third-order valence-corrected chi connectivity index (χ3v) is 3.64. The maximum atomic E-state index is 10.0. The minimum Gasteiger partial charge on any atom is -0.389 e. The van der Waals surface area contributed by atoms with Gasteiger partial charge < -0.3 is 9.84 Å². The molecule has 1 aliphatic rings. The molecule has 1 aliphatic carbocycles. The Kier molecular flexibility index (Phi) is 5.60. The zero-order valence-electron chi connectivity index (χ0n) is 12.1. The fraction of sp³-hybridized carbons (Fsp3) is 0.529. The lowest BCUT2D eigenvalue weighted by Gasteiger charge is -2.25. The quantitative estimate of drug-likeness (QED) is 0.580. The summed E-state index contributed by atoms with van der Waals surface area (Å²) in [6.07, 6.45) is 7.10. The number of nitrogens with zero attached hydrogens (tertiary/aromatic N) is 1. The van der Waals surface area contributed by atoms with E-state index in [-0.39, 0.29) is 6.61 Å². The molecule has 1 atom stereocenters. The number of aryl methyl sites for hydroxylation is 1. The highest BCUT2D eigenvalue weighted by atomic mass is 16.5. The molecule has 1 fully saturated rings. The van der Waals surface area contributed by atoms with E-state index in [4.69, 9.17) is 11.2 Å². The van der Waals surface area contributed by atoms with E-state index in [1.165, 1.54) is 24.0 Å². The van der Waals surface area contributed by atoms with E-state index in [2.05, 4.69) is 42.0 Å². The van der Waals surface area contributed by atoms with Crippen molar-refractivity contribution in [2.24, 2.45) is 0 Å². The molecule has 3 heteroatoms. The second kappa shape index (κ2) is 7.44. The van der Waals surface area contributed by atoms with E-state index < -0.39 is 6.10 Å². The van der Waals surface area contributed by atoms with Gasteiger partial charge in [0.25, 0.3) is 0 Å². The van der Waals surface area contributed by atoms with Crippen LogP contribution in [0, 0.1) is 19.3 Å². The second-order valence-electron chi connectivity index (χ2n) is 5.46. The summed E-state index contributed by atoms with van der Waals surface area (Å²) in [5.74, 6) is 2.41. The van der Waals surface area contributed by atoms with Crippen LogP contribution >= 0.6 is 0 Å². The first-order valence-corrected chi connectivity index (χ1v) is 7.18. The molecule has 20 heavy (non-hydrogen) atoms. The Morgan fingerprint density at radius 1 is 1.45 bits per heavy atom. The first kappa shape index (κ1) is 15.1. The Balaban J connectivity index is 1.88. The topological polar surface area (TPSA) is 32.7 Å². The predicted molar refractivity (Wildman–Crippen MR) is 80.3 cm³/mol. The molecule has 1 aromatic carbocycles. The lowest BCUT2D eigenvalue weighted by molar-refractivity contribution is 0.0242. The van der Waals surface area contributed by atoms with Crippen LogP contribution in [0.1, 0.15) is 24.0 Å². The Bertz CT molecular complexity index is 462. The molecule has 0 aromatic heterocycles. The molecule has 1 unspecified atom stereocenters. The van der Waals surface area contributed by atoms with Crippen molar-refractivity contribution in [3.63, 3.8) is 0 Å². The number of hydrogen-bond acceptors (Lipinski definition) is 3. The van der Waals surface area contributed by atoms with Crippen LogP contribution in [0.25, 0.3) is 0 Å². The van der Waals surface area contributed by atoms with Crippen LogP contribution < -0.4 is 0 Å². The molecule has 2 rings (SSSR count). The van der Waals surface area contributed by atoms with Gasteiger partial charge in [0.15, 0.2) is 0 Å². The van der Waals surface area contributed by atoms with E-state index >= 15 is 0 Å². The maximum Gasteiger partial charge on any atom is 0.107 e. The van der Waals surface area contributed by atoms with Gasteiger partial charge in [0.1, 0.15) is 6.61 Å². The van der Waals surface area contributed by atoms with Crippen LogP contribution in [0.5, 0.6) is 0 Å². The number of rotatable bonds is 8. The molecule has 1 N–H and O–H groups in total. The van der Waals surface area contributed by atoms with Crippen LogP contribution in [0.2, 0.25) is 0 Å². The van der Waals surface area contributed by atoms with Gasteiger partial charge >= 0.3 is 0 Å². The molecule has 0 spiro atoms. The predicted octanol–water partition coefficient (Wildman–Crippen LogP) is 1.97. The molecular weight excluding hydrogens is 250 g/mol. The second-order valence-corrected chi connectivity index (χ2v) is 5.46. The minimum atomic E-state index is -0.479. The van der Waals surface area contributed by atoms with Gasteiger partial charge in [-0.25, -0.2) is 0 Å². The van der Waals surface area contributed by atoms with E-state index in [1.807, 2.05) is 0 Å². The number of hydrogen-bond donors (Lipinski definition) is 1. The Morgan fingerprint density at radius 3 is 2.85 bits per heavy atom. The van der Waals surface area contributed by atoms with Crippen molar-refractivity contribution >= 4 is 0 Å². The Labute approximate surface area is 121 Å². The first-order chi connectivity index (χ1) is 9.70. The van der Waals surface area contributed by atoms with Crippen molar-refractivity contribution in [3.05, 3.63) is 35.4 Å². The maximum absolute atomic E-state index is 10.0. The average Bonchev–Trinajstić information content (AvgIpc) is 3.25. The molecular formula is C17H23NO2. The Hall–Kier alpha value is -1.34. The summed E-state index contributed by atoms with van der Waals surface area (Å²) in [6, 6.07) is 9.03. The summed E-state index contributed by atoms with van der Waals surface area (Å²) in [5.41, 5.74) is 2.63. The van der Waals surface area contributed by atoms with Crippen LogP contribution in [-0.4, -0.2) is 41.9 Å². The molecule has 0 amide bonds. The highest BCUT2D eigenvalue weighted by Crippen LogP contribution is 2.29. The van der Waals surface area contributed by atoms with Crippen molar-refractivity contribution in [2.75, 3.05) is 19.8 Å². The van der Waals surface area contributed by atoms with E-state index in [0.717, 1.165) is 6.54 Å². The minimum absolute atomic E-state index is 0.262. The lowest BCUT2D eigenvalue weighted by Crippen LogP contribution is -2.36.